The number of aryl methyl sites for hydroxylation is 1. The quantitative estimate of drug-likeness (QED) is 0.515. The van der Waals surface area contributed by atoms with Crippen molar-refractivity contribution >= 4 is 11.9 Å². The van der Waals surface area contributed by atoms with Gasteiger partial charge < -0.3 is 19.8 Å². The number of carbonyl (C=O) groups is 2. The van der Waals surface area contributed by atoms with Gasteiger partial charge in [0.1, 0.15) is 0 Å². The molecule has 7 nitrogen and oxygen atoms in total. The Hall–Kier alpha value is -1.67. The Morgan fingerprint density at radius 3 is 2.56 bits per heavy atom. The summed E-state index contributed by atoms with van der Waals surface area (Å²) in [5, 5.41) is 14.4. The van der Waals surface area contributed by atoms with Crippen LogP contribution in [-0.4, -0.2) is 45.0 Å². The molecule has 2 unspecified atom stereocenters. The zero-order chi connectivity index (χ0) is 18.5. The minimum atomic E-state index is -1.12. The van der Waals surface area contributed by atoms with E-state index in [9.17, 15) is 14.7 Å². The number of imidazole rings is 1. The minimum absolute atomic E-state index is 0. The minimum Gasteiger partial charge on any atom is -0.548 e. The van der Waals surface area contributed by atoms with Crippen LogP contribution in [0.2, 0.25) is 0 Å². The van der Waals surface area contributed by atoms with Gasteiger partial charge in [-0.1, -0.05) is 30.3 Å². The zero-order valence-corrected chi connectivity index (χ0v) is 17.8. The summed E-state index contributed by atoms with van der Waals surface area (Å²) in [6, 6.07) is 8.39. The van der Waals surface area contributed by atoms with E-state index in [1.165, 1.54) is 0 Å². The van der Waals surface area contributed by atoms with E-state index in [-0.39, 0.29) is 35.5 Å². The van der Waals surface area contributed by atoms with Crippen molar-refractivity contribution < 1.29 is 44.3 Å². The molecule has 3 rings (SSSR count). The third-order valence-corrected chi connectivity index (χ3v) is 4.74. The number of hydrogen-bond donors (Lipinski definition) is 1. The van der Waals surface area contributed by atoms with Gasteiger partial charge in [-0.25, -0.2) is 4.98 Å². The van der Waals surface area contributed by atoms with Gasteiger partial charge in [0.05, 0.1) is 30.1 Å². The molecule has 2 heterocycles. The summed E-state index contributed by atoms with van der Waals surface area (Å²) in [6.07, 6.45) is 5.21. The predicted molar refractivity (Wildman–Crippen MR) is 93.7 cm³/mol. The molecule has 0 bridgehead atoms. The van der Waals surface area contributed by atoms with Crippen molar-refractivity contribution in [3.63, 3.8) is 0 Å². The summed E-state index contributed by atoms with van der Waals surface area (Å²) in [7, 11) is 1.90. The number of carbonyl (C=O) groups excluding carboxylic acids is 2. The Labute approximate surface area is 181 Å². The van der Waals surface area contributed by atoms with Crippen LogP contribution in [0.25, 0.3) is 0 Å². The van der Waals surface area contributed by atoms with Gasteiger partial charge in [0, 0.05) is 32.8 Å². The number of nitrogens with one attached hydrogen (secondary N) is 1. The van der Waals surface area contributed by atoms with Gasteiger partial charge in [0.15, 0.2) is 0 Å². The van der Waals surface area contributed by atoms with E-state index < -0.39 is 18.1 Å². The average molecular weight is 378 g/mol. The molecule has 27 heavy (non-hydrogen) atoms. The third-order valence-electron chi connectivity index (χ3n) is 4.74. The Balaban J connectivity index is 0.00000261. The van der Waals surface area contributed by atoms with Crippen LogP contribution >= 0.6 is 0 Å². The summed E-state index contributed by atoms with van der Waals surface area (Å²) in [5.74, 6) is -1.26. The summed E-state index contributed by atoms with van der Waals surface area (Å²) >= 11 is 0. The van der Waals surface area contributed by atoms with E-state index in [1.54, 1.807) is 11.2 Å². The van der Waals surface area contributed by atoms with Crippen LogP contribution in [0, 0.1) is 0 Å². The number of aromatic nitrogens is 2. The Bertz CT molecular complexity index is 765. The molecule has 0 aliphatic carbocycles. The molecule has 138 valence electrons. The average Bonchev–Trinajstić information content (AvgIpc) is 3.22. The molecule has 1 N–H and O–H groups in total. The largest absolute Gasteiger partial charge is 1.00 e. The molecule has 8 heteroatoms. The van der Waals surface area contributed by atoms with E-state index in [0.717, 1.165) is 11.3 Å². The molecule has 0 spiro atoms. The van der Waals surface area contributed by atoms with Crippen molar-refractivity contribution in [2.75, 3.05) is 6.54 Å². The van der Waals surface area contributed by atoms with Gasteiger partial charge >= 0.3 is 29.6 Å². The maximum atomic E-state index is 12.6. The van der Waals surface area contributed by atoms with E-state index in [1.807, 2.05) is 48.1 Å². The van der Waals surface area contributed by atoms with E-state index in [0.29, 0.717) is 32.4 Å². The molecule has 1 fully saturated rings. The van der Waals surface area contributed by atoms with Crippen LogP contribution in [0.5, 0.6) is 0 Å². The zero-order valence-electron chi connectivity index (χ0n) is 15.8. The number of benzene rings is 1. The van der Waals surface area contributed by atoms with Crippen molar-refractivity contribution in [3.05, 3.63) is 54.1 Å². The van der Waals surface area contributed by atoms with E-state index in [2.05, 4.69) is 10.3 Å². The van der Waals surface area contributed by atoms with Crippen molar-refractivity contribution in [2.24, 2.45) is 7.05 Å². The summed E-state index contributed by atoms with van der Waals surface area (Å²) in [5.41, 5.74) is 1.89. The first-order valence-electron chi connectivity index (χ1n) is 8.79. The first-order chi connectivity index (χ1) is 12.5. The molecule has 1 saturated heterocycles. The number of hydrogen-bond acceptors (Lipinski definition) is 5. The molecule has 1 aromatic carbocycles. The standard InChI is InChI=1S/C19H24N4O3.Na/c1-22-12-15(21-13-22)9-10-20-18(24)16-7-8-17(19(25)26)23(16)11-14-5-3-2-4-6-14;/h2-6,12-13,16-17H,7-11H2,1H3,(H,20,24)(H,25,26);/q;+1/p-1. The number of nitrogens with zero attached hydrogens (tertiary/aromatic N) is 3. The monoisotopic (exact) mass is 378 g/mol. The molecule has 1 amide bonds. The maximum Gasteiger partial charge on any atom is 1.00 e. The molecule has 1 aliphatic heterocycles. The van der Waals surface area contributed by atoms with E-state index >= 15 is 0 Å². The molecule has 0 saturated carbocycles. The second kappa shape index (κ2) is 10.0. The first-order valence-corrected chi connectivity index (χ1v) is 8.79. The second-order valence-electron chi connectivity index (χ2n) is 6.66. The molecule has 0 radical (unpaired) electrons. The van der Waals surface area contributed by atoms with Crippen molar-refractivity contribution in [2.45, 2.75) is 37.9 Å². The molecule has 1 aromatic heterocycles. The van der Waals surface area contributed by atoms with Crippen LogP contribution in [0.3, 0.4) is 0 Å². The fraction of sp³-hybridized carbons (Fsp3) is 0.421. The van der Waals surface area contributed by atoms with Crippen molar-refractivity contribution in [1.29, 1.82) is 0 Å². The number of carboxylic acid groups (broad SMARTS) is 1. The Morgan fingerprint density at radius 1 is 1.22 bits per heavy atom. The van der Waals surface area contributed by atoms with Crippen LogP contribution in [0.15, 0.2) is 42.9 Å². The fourth-order valence-electron chi connectivity index (χ4n) is 3.44. The summed E-state index contributed by atoms with van der Waals surface area (Å²) in [6.45, 7) is 0.888. The molecular formula is C19H23N4NaO3. The van der Waals surface area contributed by atoms with Gasteiger partial charge in [-0.2, -0.15) is 0 Å². The van der Waals surface area contributed by atoms with E-state index in [4.69, 9.17) is 0 Å². The second-order valence-corrected chi connectivity index (χ2v) is 6.66. The van der Waals surface area contributed by atoms with Gasteiger partial charge in [0.2, 0.25) is 5.91 Å². The number of likely N-dealkylation sites (tertiary alicyclic amines) is 1. The topological polar surface area (TPSA) is 90.3 Å². The smallest absolute Gasteiger partial charge is 0.548 e. The van der Waals surface area contributed by atoms with Crippen molar-refractivity contribution in [1.82, 2.24) is 19.8 Å². The van der Waals surface area contributed by atoms with Crippen molar-refractivity contribution in [3.8, 4) is 0 Å². The van der Waals surface area contributed by atoms with Crippen LogP contribution in [0.4, 0.5) is 0 Å². The van der Waals surface area contributed by atoms with Gasteiger partial charge in [-0.3, -0.25) is 9.69 Å². The maximum absolute atomic E-state index is 12.6. The molecule has 2 aromatic rings. The SMILES string of the molecule is Cn1cnc(CCNC(=O)C2CCC(C(=O)[O-])N2Cc2ccccc2)c1.[Na+]. The number of aliphatic carboxylic acids is 1. The third kappa shape index (κ3) is 5.65. The molecular weight excluding hydrogens is 355 g/mol. The van der Waals surface area contributed by atoms with Gasteiger partial charge in [0.25, 0.3) is 0 Å². The summed E-state index contributed by atoms with van der Waals surface area (Å²) in [4.78, 5) is 30.1. The van der Waals surface area contributed by atoms with Crippen LogP contribution < -0.4 is 40.0 Å². The van der Waals surface area contributed by atoms with Gasteiger partial charge in [-0.05, 0) is 18.4 Å². The molecule has 2 atom stereocenters. The number of rotatable bonds is 7. The normalized spacial score (nSPS) is 19.4. The fourth-order valence-corrected chi connectivity index (χ4v) is 3.44. The molecule has 1 aliphatic rings. The predicted octanol–water partition coefficient (Wildman–Crippen LogP) is -3.13. The number of carboxylic acids is 1. The number of amides is 1. The summed E-state index contributed by atoms with van der Waals surface area (Å²) < 4.78 is 1.86. The van der Waals surface area contributed by atoms with Gasteiger partial charge in [-0.15, -0.1) is 0 Å². The van der Waals surface area contributed by atoms with Crippen LogP contribution in [-0.2, 0) is 29.6 Å². The van der Waals surface area contributed by atoms with Crippen LogP contribution in [0.1, 0.15) is 24.1 Å². The Kier molecular flexibility index (Phi) is 8.04. The Morgan fingerprint density at radius 2 is 1.93 bits per heavy atom. The first kappa shape index (κ1) is 21.6.